The number of piperazine rings is 1. The summed E-state index contributed by atoms with van der Waals surface area (Å²) in [5.74, 6) is 1.22. The third-order valence-corrected chi connectivity index (χ3v) is 7.96. The lowest BCUT2D eigenvalue weighted by Crippen LogP contribution is -2.45. The van der Waals surface area contributed by atoms with E-state index in [1.807, 2.05) is 6.20 Å². The van der Waals surface area contributed by atoms with E-state index in [-0.39, 0.29) is 6.61 Å². The average Bonchev–Trinajstić information content (AvgIpc) is 3.25. The molecule has 3 aromatic heterocycles. The number of imidazole rings is 1. The highest BCUT2D eigenvalue weighted by Gasteiger charge is 2.28. The normalized spacial score (nSPS) is 18.9. The fourth-order valence-corrected chi connectivity index (χ4v) is 5.82. The Balaban J connectivity index is 1.52. The Bertz CT molecular complexity index is 1150. The van der Waals surface area contributed by atoms with Gasteiger partial charge in [0.25, 0.3) is 0 Å². The Kier molecular flexibility index (Phi) is 7.86. The molecule has 1 atom stereocenters. The van der Waals surface area contributed by atoms with Gasteiger partial charge in [-0.15, -0.1) is 0 Å². The molecular formula is C28H41N7O. The summed E-state index contributed by atoms with van der Waals surface area (Å²) in [4.78, 5) is 19.6. The van der Waals surface area contributed by atoms with Crippen molar-refractivity contribution < 1.29 is 5.11 Å². The topological polar surface area (TPSA) is 63.4 Å². The van der Waals surface area contributed by atoms with E-state index in [2.05, 4.69) is 75.4 Å². The van der Waals surface area contributed by atoms with Crippen LogP contribution in [0.3, 0.4) is 0 Å². The predicted octanol–water partition coefficient (Wildman–Crippen LogP) is 2.80. The molecule has 36 heavy (non-hydrogen) atoms. The summed E-state index contributed by atoms with van der Waals surface area (Å²) in [7, 11) is 4.41. The van der Waals surface area contributed by atoms with E-state index in [1.54, 1.807) is 0 Å². The van der Waals surface area contributed by atoms with Gasteiger partial charge >= 0.3 is 0 Å². The van der Waals surface area contributed by atoms with Gasteiger partial charge < -0.3 is 14.9 Å². The molecule has 8 nitrogen and oxygen atoms in total. The lowest BCUT2D eigenvalue weighted by molar-refractivity contribution is 0.190. The van der Waals surface area contributed by atoms with Crippen molar-refractivity contribution in [1.29, 1.82) is 0 Å². The Morgan fingerprint density at radius 1 is 1.08 bits per heavy atom. The van der Waals surface area contributed by atoms with Crippen LogP contribution in [-0.2, 0) is 19.5 Å². The Hall–Kier alpha value is -2.52. The fraction of sp³-hybridized carbons (Fsp3) is 0.571. The molecule has 2 aliphatic rings. The highest BCUT2D eigenvalue weighted by atomic mass is 16.3. The highest BCUT2D eigenvalue weighted by Crippen LogP contribution is 2.33. The fourth-order valence-electron chi connectivity index (χ4n) is 5.82. The van der Waals surface area contributed by atoms with Crippen LogP contribution in [0.2, 0.25) is 0 Å². The number of hydrogen-bond acceptors (Lipinski definition) is 7. The van der Waals surface area contributed by atoms with Gasteiger partial charge in [0, 0.05) is 52.0 Å². The molecule has 0 amide bonds. The lowest BCUT2D eigenvalue weighted by atomic mass is 9.91. The summed E-state index contributed by atoms with van der Waals surface area (Å²) in [6, 6.07) is 11.1. The minimum absolute atomic E-state index is 0.162. The SMILES string of the molecule is CCN(CCO)Cc1c(CN(C)[C@H]2CCCc3cccnc32)nc2cccc(N3CCN(C)CC3)n12. The second kappa shape index (κ2) is 11.3. The monoisotopic (exact) mass is 491 g/mol. The Morgan fingerprint density at radius 3 is 2.69 bits per heavy atom. The second-order valence-electron chi connectivity index (χ2n) is 10.3. The molecule has 0 spiro atoms. The number of aromatic nitrogens is 3. The van der Waals surface area contributed by atoms with Crippen LogP contribution in [0, 0.1) is 0 Å². The molecule has 0 bridgehead atoms. The van der Waals surface area contributed by atoms with Crippen molar-refractivity contribution in [3.05, 3.63) is 59.2 Å². The maximum absolute atomic E-state index is 9.68. The van der Waals surface area contributed by atoms with E-state index in [0.717, 1.165) is 70.0 Å². The molecule has 8 heteroatoms. The van der Waals surface area contributed by atoms with Crippen molar-refractivity contribution in [2.45, 2.75) is 45.3 Å². The van der Waals surface area contributed by atoms with E-state index in [1.165, 1.54) is 29.2 Å². The van der Waals surface area contributed by atoms with Crippen LogP contribution in [0.1, 0.15) is 48.5 Å². The lowest BCUT2D eigenvalue weighted by Gasteiger charge is -2.35. The molecule has 0 saturated carbocycles. The molecule has 1 aliphatic heterocycles. The maximum Gasteiger partial charge on any atom is 0.138 e. The molecule has 1 fully saturated rings. The number of fused-ring (bicyclic) bond motifs is 2. The zero-order chi connectivity index (χ0) is 25.1. The molecule has 1 aliphatic carbocycles. The molecule has 4 heterocycles. The van der Waals surface area contributed by atoms with Crippen molar-refractivity contribution in [2.75, 3.05) is 64.9 Å². The van der Waals surface area contributed by atoms with Crippen LogP contribution < -0.4 is 4.90 Å². The van der Waals surface area contributed by atoms with Crippen LogP contribution in [0.15, 0.2) is 36.5 Å². The molecule has 0 radical (unpaired) electrons. The molecular weight excluding hydrogens is 450 g/mol. The third kappa shape index (κ3) is 5.13. The van der Waals surface area contributed by atoms with E-state index >= 15 is 0 Å². The van der Waals surface area contributed by atoms with E-state index in [0.29, 0.717) is 12.6 Å². The quantitative estimate of drug-likeness (QED) is 0.494. The summed E-state index contributed by atoms with van der Waals surface area (Å²) in [6.07, 6.45) is 5.37. The summed E-state index contributed by atoms with van der Waals surface area (Å²) in [5, 5.41) is 9.68. The first-order chi connectivity index (χ1) is 17.6. The summed E-state index contributed by atoms with van der Waals surface area (Å²) in [5.41, 5.74) is 5.97. The van der Waals surface area contributed by atoms with Gasteiger partial charge in [0.05, 0.1) is 29.7 Å². The number of aliphatic hydroxyl groups excluding tert-OH is 1. The van der Waals surface area contributed by atoms with Gasteiger partial charge in [-0.1, -0.05) is 19.1 Å². The van der Waals surface area contributed by atoms with Crippen LogP contribution in [-0.4, -0.2) is 94.1 Å². The van der Waals surface area contributed by atoms with Gasteiger partial charge in [-0.2, -0.15) is 0 Å². The molecule has 0 unspecified atom stereocenters. The van der Waals surface area contributed by atoms with Crippen molar-refractivity contribution in [2.24, 2.45) is 0 Å². The number of likely N-dealkylation sites (N-methyl/N-ethyl adjacent to an activating group) is 2. The molecule has 5 rings (SSSR count). The minimum Gasteiger partial charge on any atom is -0.395 e. The van der Waals surface area contributed by atoms with E-state index in [4.69, 9.17) is 9.97 Å². The van der Waals surface area contributed by atoms with Gasteiger partial charge in [-0.25, -0.2) is 4.98 Å². The van der Waals surface area contributed by atoms with Crippen LogP contribution in [0.5, 0.6) is 0 Å². The van der Waals surface area contributed by atoms with E-state index < -0.39 is 0 Å². The number of anilines is 1. The number of nitrogens with zero attached hydrogens (tertiary/aromatic N) is 7. The molecule has 0 aromatic carbocycles. The molecule has 3 aromatic rings. The predicted molar refractivity (Wildman–Crippen MR) is 144 cm³/mol. The second-order valence-corrected chi connectivity index (χ2v) is 10.3. The van der Waals surface area contributed by atoms with Crippen molar-refractivity contribution in [3.63, 3.8) is 0 Å². The molecule has 1 saturated heterocycles. The first-order valence-corrected chi connectivity index (χ1v) is 13.5. The average molecular weight is 492 g/mol. The number of pyridine rings is 2. The van der Waals surface area contributed by atoms with Crippen molar-refractivity contribution in [1.82, 2.24) is 29.1 Å². The highest BCUT2D eigenvalue weighted by molar-refractivity contribution is 5.55. The molecule has 1 N–H and O–H groups in total. The van der Waals surface area contributed by atoms with Gasteiger partial charge in [0.15, 0.2) is 0 Å². The maximum atomic E-state index is 9.68. The number of aliphatic hydroxyl groups is 1. The van der Waals surface area contributed by atoms with Gasteiger partial charge in [-0.3, -0.25) is 19.2 Å². The zero-order valence-corrected chi connectivity index (χ0v) is 22.1. The zero-order valence-electron chi connectivity index (χ0n) is 22.1. The number of hydrogen-bond donors (Lipinski definition) is 1. The largest absolute Gasteiger partial charge is 0.395 e. The van der Waals surface area contributed by atoms with Gasteiger partial charge in [-0.05, 0) is 63.7 Å². The summed E-state index contributed by atoms with van der Waals surface area (Å²) >= 11 is 0. The van der Waals surface area contributed by atoms with Gasteiger partial charge in [0.2, 0.25) is 0 Å². The standard InChI is InChI=1S/C28H41N7O/c1-4-33(18-19-36)21-25-23(20-32(3)24-10-5-8-22-9-7-13-29-28(22)24)30-26-11-6-12-27(35(25)26)34-16-14-31(2)15-17-34/h6-7,9,11-13,24,36H,4-5,8,10,14-21H2,1-3H3/t24-/m0/s1. The summed E-state index contributed by atoms with van der Waals surface area (Å²) < 4.78 is 2.38. The van der Waals surface area contributed by atoms with Crippen LogP contribution in [0.4, 0.5) is 5.82 Å². The number of aryl methyl sites for hydroxylation is 1. The first kappa shape index (κ1) is 25.1. The van der Waals surface area contributed by atoms with Crippen LogP contribution in [0.25, 0.3) is 5.65 Å². The smallest absolute Gasteiger partial charge is 0.138 e. The van der Waals surface area contributed by atoms with Crippen molar-refractivity contribution in [3.8, 4) is 0 Å². The third-order valence-electron chi connectivity index (χ3n) is 7.96. The van der Waals surface area contributed by atoms with Gasteiger partial charge in [0.1, 0.15) is 11.5 Å². The first-order valence-electron chi connectivity index (χ1n) is 13.5. The summed E-state index contributed by atoms with van der Waals surface area (Å²) in [6.45, 7) is 9.58. The Morgan fingerprint density at radius 2 is 1.92 bits per heavy atom. The number of rotatable bonds is 9. The Labute approximate surface area is 215 Å². The van der Waals surface area contributed by atoms with Crippen LogP contribution >= 0.6 is 0 Å². The molecule has 194 valence electrons. The van der Waals surface area contributed by atoms with Crippen molar-refractivity contribution >= 4 is 11.5 Å². The minimum atomic E-state index is 0.162. The van der Waals surface area contributed by atoms with E-state index in [9.17, 15) is 5.11 Å².